The second-order valence-electron chi connectivity index (χ2n) is 7.24. The fraction of sp³-hybridized carbons (Fsp3) is 0.167. The van der Waals surface area contributed by atoms with E-state index in [0.29, 0.717) is 28.3 Å². The predicted molar refractivity (Wildman–Crippen MR) is 109 cm³/mol. The van der Waals surface area contributed by atoms with Gasteiger partial charge in [0.2, 0.25) is 0 Å². The third-order valence-corrected chi connectivity index (χ3v) is 5.51. The maximum absolute atomic E-state index is 12.8. The van der Waals surface area contributed by atoms with Crippen LogP contribution in [0.4, 0.5) is 5.69 Å². The Labute approximate surface area is 168 Å². The van der Waals surface area contributed by atoms with Crippen molar-refractivity contribution in [2.75, 3.05) is 12.0 Å². The van der Waals surface area contributed by atoms with E-state index in [2.05, 4.69) is 12.1 Å². The van der Waals surface area contributed by atoms with Crippen molar-refractivity contribution in [2.45, 2.75) is 18.9 Å². The summed E-state index contributed by atoms with van der Waals surface area (Å²) in [6, 6.07) is 20.3. The Hall–Kier alpha value is -3.60. The van der Waals surface area contributed by atoms with Crippen LogP contribution in [0.25, 0.3) is 0 Å². The van der Waals surface area contributed by atoms with Gasteiger partial charge in [0.05, 0.1) is 23.9 Å². The van der Waals surface area contributed by atoms with Crippen molar-refractivity contribution in [3.63, 3.8) is 0 Å². The van der Waals surface area contributed by atoms with Crippen molar-refractivity contribution in [1.82, 2.24) is 0 Å². The summed E-state index contributed by atoms with van der Waals surface area (Å²) < 4.78 is 11.7. The highest BCUT2D eigenvalue weighted by molar-refractivity contribution is 6.34. The third kappa shape index (κ3) is 2.86. The van der Waals surface area contributed by atoms with Gasteiger partial charge in [-0.15, -0.1) is 0 Å². The van der Waals surface area contributed by atoms with Gasteiger partial charge in [0.1, 0.15) is 6.10 Å². The quantitative estimate of drug-likeness (QED) is 0.636. The van der Waals surface area contributed by atoms with Gasteiger partial charge in [-0.3, -0.25) is 9.59 Å². The highest BCUT2D eigenvalue weighted by Crippen LogP contribution is 2.37. The lowest BCUT2D eigenvalue weighted by atomic mass is 10.1. The molecule has 0 bridgehead atoms. The van der Waals surface area contributed by atoms with Gasteiger partial charge in [-0.2, -0.15) is 0 Å². The number of hydrogen-bond donors (Lipinski definition) is 0. The number of imide groups is 1. The summed E-state index contributed by atoms with van der Waals surface area (Å²) in [5.41, 5.74) is 3.88. The summed E-state index contributed by atoms with van der Waals surface area (Å²) in [4.78, 5) is 26.8. The molecule has 0 aromatic heterocycles. The topological polar surface area (TPSA) is 55.8 Å². The van der Waals surface area contributed by atoms with Crippen molar-refractivity contribution in [2.24, 2.45) is 0 Å². The predicted octanol–water partition coefficient (Wildman–Crippen LogP) is 4.04. The Morgan fingerprint density at radius 2 is 1.38 bits per heavy atom. The minimum absolute atomic E-state index is 0.0151. The van der Waals surface area contributed by atoms with Gasteiger partial charge in [0.15, 0.2) is 11.5 Å². The summed E-state index contributed by atoms with van der Waals surface area (Å²) in [6.45, 7) is 0. The second kappa shape index (κ2) is 6.78. The Morgan fingerprint density at radius 1 is 0.793 bits per heavy atom. The fourth-order valence-electron chi connectivity index (χ4n) is 4.10. The molecule has 1 heterocycles. The van der Waals surface area contributed by atoms with Crippen molar-refractivity contribution in [3.8, 4) is 11.5 Å². The molecule has 2 amide bonds. The first-order chi connectivity index (χ1) is 14.2. The molecule has 0 saturated heterocycles. The number of hydrogen-bond acceptors (Lipinski definition) is 4. The van der Waals surface area contributed by atoms with Crippen LogP contribution < -0.4 is 14.4 Å². The Balaban J connectivity index is 1.45. The molecular formula is C24H19NO4. The van der Waals surface area contributed by atoms with Crippen LogP contribution in [-0.4, -0.2) is 25.0 Å². The van der Waals surface area contributed by atoms with Gasteiger partial charge in [-0.25, -0.2) is 4.90 Å². The van der Waals surface area contributed by atoms with Crippen LogP contribution in [0.1, 0.15) is 31.8 Å². The van der Waals surface area contributed by atoms with Gasteiger partial charge in [0, 0.05) is 18.9 Å². The molecule has 2 aliphatic rings. The molecule has 0 radical (unpaired) electrons. The molecule has 0 unspecified atom stereocenters. The van der Waals surface area contributed by atoms with Crippen LogP contribution >= 0.6 is 0 Å². The molecule has 3 aromatic rings. The Kier molecular flexibility index (Phi) is 4.09. The summed E-state index contributed by atoms with van der Waals surface area (Å²) in [7, 11) is 1.58. The maximum Gasteiger partial charge on any atom is 0.266 e. The number of rotatable bonds is 4. The molecule has 144 valence electrons. The van der Waals surface area contributed by atoms with E-state index in [1.165, 1.54) is 16.0 Å². The molecule has 1 aliphatic carbocycles. The number of carbonyl (C=O) groups excluding carboxylic acids is 2. The number of ether oxygens (including phenoxy) is 2. The first-order valence-corrected chi connectivity index (χ1v) is 9.55. The monoisotopic (exact) mass is 385 g/mol. The maximum atomic E-state index is 12.8. The fourth-order valence-corrected chi connectivity index (χ4v) is 4.10. The van der Waals surface area contributed by atoms with Crippen LogP contribution in [-0.2, 0) is 12.8 Å². The molecule has 5 heteroatoms. The van der Waals surface area contributed by atoms with E-state index in [1.807, 2.05) is 12.1 Å². The largest absolute Gasteiger partial charge is 0.493 e. The molecule has 5 rings (SSSR count). The molecule has 0 atom stereocenters. The summed E-state index contributed by atoms with van der Waals surface area (Å²) >= 11 is 0. The van der Waals surface area contributed by atoms with E-state index in [1.54, 1.807) is 49.6 Å². The minimum atomic E-state index is -0.324. The zero-order valence-corrected chi connectivity index (χ0v) is 15.9. The van der Waals surface area contributed by atoms with E-state index in [4.69, 9.17) is 9.47 Å². The Bertz CT molecular complexity index is 1080. The zero-order chi connectivity index (χ0) is 20.0. The number of anilines is 1. The molecular weight excluding hydrogens is 366 g/mol. The molecule has 0 fully saturated rings. The summed E-state index contributed by atoms with van der Waals surface area (Å²) in [5.74, 6) is 0.450. The van der Waals surface area contributed by atoms with Gasteiger partial charge in [-0.1, -0.05) is 36.4 Å². The number of benzene rings is 3. The van der Waals surface area contributed by atoms with Crippen LogP contribution in [0.5, 0.6) is 11.5 Å². The van der Waals surface area contributed by atoms with Gasteiger partial charge in [-0.05, 0) is 35.4 Å². The van der Waals surface area contributed by atoms with Gasteiger partial charge in [0.25, 0.3) is 11.8 Å². The minimum Gasteiger partial charge on any atom is -0.493 e. The molecule has 1 aliphatic heterocycles. The van der Waals surface area contributed by atoms with Gasteiger partial charge >= 0.3 is 0 Å². The molecule has 29 heavy (non-hydrogen) atoms. The average Bonchev–Trinajstić information content (AvgIpc) is 3.26. The number of methoxy groups -OCH3 is 1. The summed E-state index contributed by atoms with van der Waals surface area (Å²) in [5, 5.41) is 0. The van der Waals surface area contributed by atoms with Crippen molar-refractivity contribution < 1.29 is 19.1 Å². The summed E-state index contributed by atoms with van der Waals surface area (Å²) in [6.07, 6.45) is 1.62. The third-order valence-electron chi connectivity index (χ3n) is 5.51. The van der Waals surface area contributed by atoms with Gasteiger partial charge < -0.3 is 9.47 Å². The lowest BCUT2D eigenvalue weighted by Gasteiger charge is -2.19. The number of amides is 2. The normalized spacial score (nSPS) is 15.4. The standard InChI is InChI=1S/C24H19NO4/c1-28-21-11-10-17(25-23(26)19-8-4-5-9-20(19)24(25)27)14-22(21)29-18-12-15-6-2-3-7-16(15)13-18/h2-11,14,18H,12-13H2,1H3. The van der Waals surface area contributed by atoms with Crippen molar-refractivity contribution >= 4 is 17.5 Å². The number of carbonyl (C=O) groups is 2. The van der Waals surface area contributed by atoms with E-state index < -0.39 is 0 Å². The van der Waals surface area contributed by atoms with Crippen LogP contribution in [0.15, 0.2) is 66.7 Å². The van der Waals surface area contributed by atoms with E-state index in [-0.39, 0.29) is 17.9 Å². The first kappa shape index (κ1) is 17.5. The molecule has 0 N–H and O–H groups in total. The molecule has 5 nitrogen and oxygen atoms in total. The SMILES string of the molecule is COc1ccc(N2C(=O)c3ccccc3C2=O)cc1OC1Cc2ccccc2C1. The van der Waals surface area contributed by atoms with Crippen LogP contribution in [0, 0.1) is 0 Å². The molecule has 0 spiro atoms. The lowest BCUT2D eigenvalue weighted by molar-refractivity contribution is 0.0926. The smallest absolute Gasteiger partial charge is 0.266 e. The number of nitrogens with zero attached hydrogens (tertiary/aromatic N) is 1. The van der Waals surface area contributed by atoms with E-state index in [9.17, 15) is 9.59 Å². The highest BCUT2D eigenvalue weighted by atomic mass is 16.5. The molecule has 3 aromatic carbocycles. The second-order valence-corrected chi connectivity index (χ2v) is 7.24. The Morgan fingerprint density at radius 3 is 1.97 bits per heavy atom. The van der Waals surface area contributed by atoms with Crippen LogP contribution in [0.2, 0.25) is 0 Å². The first-order valence-electron chi connectivity index (χ1n) is 9.55. The average molecular weight is 385 g/mol. The zero-order valence-electron chi connectivity index (χ0n) is 15.9. The number of fused-ring (bicyclic) bond motifs is 2. The highest BCUT2D eigenvalue weighted by Gasteiger charge is 2.36. The molecule has 0 saturated carbocycles. The van der Waals surface area contributed by atoms with Crippen LogP contribution in [0.3, 0.4) is 0 Å². The van der Waals surface area contributed by atoms with Crippen molar-refractivity contribution in [3.05, 3.63) is 89.0 Å². The van der Waals surface area contributed by atoms with Crippen molar-refractivity contribution in [1.29, 1.82) is 0 Å². The lowest BCUT2D eigenvalue weighted by Crippen LogP contribution is -2.29. The van der Waals surface area contributed by atoms with E-state index in [0.717, 1.165) is 12.8 Å². The van der Waals surface area contributed by atoms with E-state index >= 15 is 0 Å².